The molecule has 0 saturated heterocycles. The van der Waals surface area contributed by atoms with Gasteiger partial charge in [-0.2, -0.15) is 0 Å². The fourth-order valence-electron chi connectivity index (χ4n) is 2.16. The van der Waals surface area contributed by atoms with E-state index in [0.29, 0.717) is 5.88 Å². The van der Waals surface area contributed by atoms with Gasteiger partial charge in [0.05, 0.1) is 0 Å². The summed E-state index contributed by atoms with van der Waals surface area (Å²) in [5.41, 5.74) is 3.47. The molecule has 3 nitrogen and oxygen atoms in total. The van der Waals surface area contributed by atoms with Gasteiger partial charge in [-0.1, -0.05) is 26.0 Å². The van der Waals surface area contributed by atoms with E-state index in [1.165, 1.54) is 11.1 Å². The first-order chi connectivity index (χ1) is 10.2. The number of aromatic nitrogens is 1. The third-order valence-electron chi connectivity index (χ3n) is 3.24. The topological polar surface area (TPSA) is 34.2 Å². The Morgan fingerprint density at radius 1 is 1.14 bits per heavy atom. The van der Waals surface area contributed by atoms with Crippen molar-refractivity contribution in [1.82, 2.24) is 10.3 Å². The molecule has 0 radical (unpaired) electrons. The van der Waals surface area contributed by atoms with Gasteiger partial charge in [-0.25, -0.2) is 4.98 Å². The number of pyridine rings is 1. The van der Waals surface area contributed by atoms with Crippen LogP contribution in [-0.2, 0) is 13.0 Å². The molecule has 0 atom stereocenters. The highest BCUT2D eigenvalue weighted by molar-refractivity contribution is 5.33. The van der Waals surface area contributed by atoms with Gasteiger partial charge in [-0.15, -0.1) is 0 Å². The quantitative estimate of drug-likeness (QED) is 0.772. The monoisotopic (exact) mass is 284 g/mol. The van der Waals surface area contributed by atoms with Gasteiger partial charge in [-0.3, -0.25) is 0 Å². The lowest BCUT2D eigenvalue weighted by Gasteiger charge is -2.10. The zero-order valence-electron chi connectivity index (χ0n) is 13.1. The number of ether oxygens (including phenoxy) is 1. The standard InChI is InChI=1S/C18H24N2O/c1-4-9-19-13-15-11-16(5-2)20-18(12-15)21-17-8-6-7-14(3)10-17/h6-8,10-12,19H,4-5,9,13H2,1-3H3. The lowest BCUT2D eigenvalue weighted by Crippen LogP contribution is -2.14. The van der Waals surface area contributed by atoms with Crippen molar-refractivity contribution >= 4 is 0 Å². The van der Waals surface area contributed by atoms with Crippen LogP contribution in [0.1, 0.15) is 37.1 Å². The van der Waals surface area contributed by atoms with Crippen LogP contribution < -0.4 is 10.1 Å². The number of nitrogens with zero attached hydrogens (tertiary/aromatic N) is 1. The van der Waals surface area contributed by atoms with Crippen molar-refractivity contribution in [3.05, 3.63) is 53.2 Å². The molecular formula is C18H24N2O. The van der Waals surface area contributed by atoms with Crippen LogP contribution in [0.3, 0.4) is 0 Å². The molecule has 0 unspecified atom stereocenters. The van der Waals surface area contributed by atoms with Crippen molar-refractivity contribution < 1.29 is 4.74 Å². The molecule has 0 aliphatic heterocycles. The summed E-state index contributed by atoms with van der Waals surface area (Å²) in [6, 6.07) is 12.2. The molecule has 2 aromatic rings. The smallest absolute Gasteiger partial charge is 0.219 e. The summed E-state index contributed by atoms with van der Waals surface area (Å²) < 4.78 is 5.91. The average molecular weight is 284 g/mol. The minimum atomic E-state index is 0.674. The summed E-state index contributed by atoms with van der Waals surface area (Å²) >= 11 is 0. The summed E-state index contributed by atoms with van der Waals surface area (Å²) in [7, 11) is 0. The highest BCUT2D eigenvalue weighted by Gasteiger charge is 2.04. The Labute approximate surface area is 127 Å². The van der Waals surface area contributed by atoms with Crippen molar-refractivity contribution in [2.75, 3.05) is 6.54 Å². The van der Waals surface area contributed by atoms with Crippen molar-refractivity contribution in [3.8, 4) is 11.6 Å². The summed E-state index contributed by atoms with van der Waals surface area (Å²) in [6.07, 6.45) is 2.05. The first-order valence-electron chi connectivity index (χ1n) is 7.66. The molecule has 0 amide bonds. The van der Waals surface area contributed by atoms with Crippen LogP contribution in [0.15, 0.2) is 36.4 Å². The summed E-state index contributed by atoms with van der Waals surface area (Å²) in [5, 5.41) is 3.42. The summed E-state index contributed by atoms with van der Waals surface area (Å²) in [5.74, 6) is 1.51. The van der Waals surface area contributed by atoms with Gasteiger partial charge >= 0.3 is 0 Å². The molecule has 1 aromatic heterocycles. The van der Waals surface area contributed by atoms with E-state index in [1.54, 1.807) is 0 Å². The molecule has 1 aromatic carbocycles. The molecule has 2 rings (SSSR count). The fourth-order valence-corrected chi connectivity index (χ4v) is 2.16. The van der Waals surface area contributed by atoms with Gasteiger partial charge in [0.25, 0.3) is 0 Å². The van der Waals surface area contributed by atoms with Gasteiger partial charge < -0.3 is 10.1 Å². The van der Waals surface area contributed by atoms with E-state index in [1.807, 2.05) is 24.3 Å². The van der Waals surface area contributed by atoms with E-state index in [0.717, 1.165) is 37.4 Å². The van der Waals surface area contributed by atoms with Crippen molar-refractivity contribution in [2.24, 2.45) is 0 Å². The van der Waals surface area contributed by atoms with E-state index >= 15 is 0 Å². The lowest BCUT2D eigenvalue weighted by molar-refractivity contribution is 0.459. The molecule has 0 aliphatic rings. The number of aryl methyl sites for hydroxylation is 2. The van der Waals surface area contributed by atoms with Gasteiger partial charge in [0.15, 0.2) is 0 Å². The second-order valence-electron chi connectivity index (χ2n) is 5.25. The Hall–Kier alpha value is -1.87. The SMILES string of the molecule is CCCNCc1cc(CC)nc(Oc2cccc(C)c2)c1. The Bertz CT molecular complexity index is 581. The highest BCUT2D eigenvalue weighted by atomic mass is 16.5. The van der Waals surface area contributed by atoms with Crippen LogP contribution >= 0.6 is 0 Å². The zero-order valence-corrected chi connectivity index (χ0v) is 13.1. The zero-order chi connectivity index (χ0) is 15.1. The first kappa shape index (κ1) is 15.5. The van der Waals surface area contributed by atoms with E-state index in [2.05, 4.69) is 43.2 Å². The third-order valence-corrected chi connectivity index (χ3v) is 3.24. The molecule has 0 aliphatic carbocycles. The van der Waals surface area contributed by atoms with Crippen LogP contribution in [0.4, 0.5) is 0 Å². The largest absolute Gasteiger partial charge is 0.439 e. The van der Waals surface area contributed by atoms with Gasteiger partial charge in [0.1, 0.15) is 5.75 Å². The van der Waals surface area contributed by atoms with Crippen molar-refractivity contribution in [3.63, 3.8) is 0 Å². The molecule has 0 fully saturated rings. The first-order valence-corrected chi connectivity index (χ1v) is 7.66. The predicted molar refractivity (Wildman–Crippen MR) is 86.9 cm³/mol. The molecule has 21 heavy (non-hydrogen) atoms. The Morgan fingerprint density at radius 3 is 2.71 bits per heavy atom. The normalized spacial score (nSPS) is 10.6. The molecule has 0 saturated carbocycles. The van der Waals surface area contributed by atoms with Crippen molar-refractivity contribution in [1.29, 1.82) is 0 Å². The molecular weight excluding hydrogens is 260 g/mol. The fraction of sp³-hybridized carbons (Fsp3) is 0.389. The number of nitrogens with one attached hydrogen (secondary N) is 1. The maximum absolute atomic E-state index is 5.91. The van der Waals surface area contributed by atoms with Crippen LogP contribution in [0.2, 0.25) is 0 Å². The highest BCUT2D eigenvalue weighted by Crippen LogP contribution is 2.22. The molecule has 3 heteroatoms. The molecule has 1 heterocycles. The average Bonchev–Trinajstić information content (AvgIpc) is 2.47. The molecule has 0 spiro atoms. The third kappa shape index (κ3) is 4.87. The summed E-state index contributed by atoms with van der Waals surface area (Å²) in [4.78, 5) is 4.56. The van der Waals surface area contributed by atoms with E-state index < -0.39 is 0 Å². The maximum atomic E-state index is 5.91. The van der Waals surface area contributed by atoms with Crippen molar-refractivity contribution in [2.45, 2.75) is 40.2 Å². The minimum Gasteiger partial charge on any atom is -0.439 e. The van der Waals surface area contributed by atoms with Crippen LogP contribution in [0.5, 0.6) is 11.6 Å². The second-order valence-corrected chi connectivity index (χ2v) is 5.25. The second kappa shape index (κ2) is 7.79. The lowest BCUT2D eigenvalue weighted by atomic mass is 10.2. The number of rotatable bonds is 7. The number of benzene rings is 1. The van der Waals surface area contributed by atoms with Gasteiger partial charge in [0, 0.05) is 18.3 Å². The van der Waals surface area contributed by atoms with E-state index in [4.69, 9.17) is 4.74 Å². The maximum Gasteiger partial charge on any atom is 0.219 e. The van der Waals surface area contributed by atoms with E-state index in [-0.39, 0.29) is 0 Å². The van der Waals surface area contributed by atoms with Crippen LogP contribution in [0, 0.1) is 6.92 Å². The van der Waals surface area contributed by atoms with Crippen LogP contribution in [0.25, 0.3) is 0 Å². The molecule has 1 N–H and O–H groups in total. The minimum absolute atomic E-state index is 0.674. The number of hydrogen-bond donors (Lipinski definition) is 1. The van der Waals surface area contributed by atoms with E-state index in [9.17, 15) is 0 Å². The molecule has 0 bridgehead atoms. The Balaban J connectivity index is 2.15. The van der Waals surface area contributed by atoms with Crippen LogP contribution in [-0.4, -0.2) is 11.5 Å². The van der Waals surface area contributed by atoms with Gasteiger partial charge in [-0.05, 0) is 55.6 Å². The van der Waals surface area contributed by atoms with Gasteiger partial charge in [0.2, 0.25) is 5.88 Å². The predicted octanol–water partition coefficient (Wildman–Crippen LogP) is 4.24. The summed E-state index contributed by atoms with van der Waals surface area (Å²) in [6.45, 7) is 8.22. The Kier molecular flexibility index (Phi) is 5.76. The Morgan fingerprint density at radius 2 is 2.00 bits per heavy atom. The number of hydrogen-bond acceptors (Lipinski definition) is 3. The molecule has 112 valence electrons.